The molecule has 0 amide bonds. The molecule has 1 aromatic carbocycles. The van der Waals surface area contributed by atoms with Gasteiger partial charge >= 0.3 is 0 Å². The van der Waals surface area contributed by atoms with E-state index in [4.69, 9.17) is 34.8 Å². The maximum Gasteiger partial charge on any atom is 0.148 e. The summed E-state index contributed by atoms with van der Waals surface area (Å²) in [5.74, 6) is 0. The van der Waals surface area contributed by atoms with Gasteiger partial charge in [-0.25, -0.2) is 4.98 Å². The van der Waals surface area contributed by atoms with Crippen LogP contribution in [0.25, 0.3) is 11.3 Å². The predicted octanol–water partition coefficient (Wildman–Crippen LogP) is 5.47. The first kappa shape index (κ1) is 12.2. The lowest BCUT2D eigenvalue weighted by atomic mass is 10.1. The van der Waals surface area contributed by atoms with Crippen LogP contribution in [-0.4, -0.2) is 4.98 Å². The minimum absolute atomic E-state index is 0.254. The lowest BCUT2D eigenvalue weighted by Crippen LogP contribution is -1.86. The number of rotatable bonds is 1. The summed E-state index contributed by atoms with van der Waals surface area (Å²) < 4.78 is 0.993. The van der Waals surface area contributed by atoms with Crippen LogP contribution in [-0.2, 0) is 0 Å². The normalized spacial score (nSPS) is 10.5. The van der Waals surface area contributed by atoms with Gasteiger partial charge in [0.15, 0.2) is 0 Å². The zero-order valence-corrected chi connectivity index (χ0v) is 11.7. The molecule has 0 atom stereocenters. The SMILES string of the molecule is Clc1cc(Cl)c(-c2ccc(Br)cc2)nc1Cl. The maximum atomic E-state index is 6.06. The molecule has 0 spiro atoms. The fraction of sp³-hybridized carbons (Fsp3) is 0. The first-order valence-electron chi connectivity index (χ1n) is 4.35. The van der Waals surface area contributed by atoms with Crippen molar-refractivity contribution in [1.82, 2.24) is 4.98 Å². The Balaban J connectivity index is 2.56. The van der Waals surface area contributed by atoms with Crippen molar-refractivity contribution in [3.8, 4) is 11.3 Å². The van der Waals surface area contributed by atoms with Gasteiger partial charge in [-0.3, -0.25) is 0 Å². The first-order chi connectivity index (χ1) is 7.58. The molecule has 1 aromatic heterocycles. The molecule has 0 bridgehead atoms. The third kappa shape index (κ3) is 2.51. The van der Waals surface area contributed by atoms with Crippen LogP contribution in [0, 0.1) is 0 Å². The largest absolute Gasteiger partial charge is 0.233 e. The van der Waals surface area contributed by atoms with Gasteiger partial charge < -0.3 is 0 Å². The molecule has 0 aliphatic heterocycles. The summed E-state index contributed by atoms with van der Waals surface area (Å²) in [5, 5.41) is 1.09. The van der Waals surface area contributed by atoms with E-state index < -0.39 is 0 Å². The Morgan fingerprint density at radius 1 is 0.938 bits per heavy atom. The summed E-state index contributed by atoms with van der Waals surface area (Å²) in [5.41, 5.74) is 1.52. The van der Waals surface area contributed by atoms with Gasteiger partial charge in [0.05, 0.1) is 15.7 Å². The van der Waals surface area contributed by atoms with E-state index in [-0.39, 0.29) is 5.15 Å². The summed E-state index contributed by atoms with van der Waals surface area (Å²) in [6, 6.07) is 9.23. The average Bonchev–Trinajstić information content (AvgIpc) is 2.25. The molecule has 16 heavy (non-hydrogen) atoms. The fourth-order valence-corrected chi connectivity index (χ4v) is 2.13. The van der Waals surface area contributed by atoms with E-state index in [2.05, 4.69) is 20.9 Å². The lowest BCUT2D eigenvalue weighted by molar-refractivity contribution is 1.32. The van der Waals surface area contributed by atoms with Crippen molar-refractivity contribution in [2.75, 3.05) is 0 Å². The van der Waals surface area contributed by atoms with Gasteiger partial charge in [0.25, 0.3) is 0 Å². The molecule has 2 aromatic rings. The highest BCUT2D eigenvalue weighted by Crippen LogP contribution is 2.32. The topological polar surface area (TPSA) is 12.9 Å². The highest BCUT2D eigenvalue weighted by molar-refractivity contribution is 9.10. The smallest absolute Gasteiger partial charge is 0.148 e. The summed E-state index contributed by atoms with van der Waals surface area (Å²) in [6.07, 6.45) is 0. The summed E-state index contributed by atoms with van der Waals surface area (Å²) in [7, 11) is 0. The van der Waals surface area contributed by atoms with Crippen molar-refractivity contribution in [2.45, 2.75) is 0 Å². The third-order valence-corrected chi connectivity index (χ3v) is 3.49. The molecule has 0 saturated carbocycles. The van der Waals surface area contributed by atoms with Gasteiger partial charge in [0, 0.05) is 10.0 Å². The molecular weight excluding hydrogens is 332 g/mol. The summed E-state index contributed by atoms with van der Waals surface area (Å²) >= 11 is 21.1. The highest BCUT2D eigenvalue weighted by atomic mass is 79.9. The van der Waals surface area contributed by atoms with Crippen LogP contribution in [0.2, 0.25) is 15.2 Å². The van der Waals surface area contributed by atoms with E-state index in [0.717, 1.165) is 10.0 Å². The van der Waals surface area contributed by atoms with Crippen molar-refractivity contribution in [1.29, 1.82) is 0 Å². The van der Waals surface area contributed by atoms with Gasteiger partial charge in [-0.15, -0.1) is 0 Å². The zero-order valence-electron chi connectivity index (χ0n) is 7.85. The number of benzene rings is 1. The minimum Gasteiger partial charge on any atom is -0.233 e. The van der Waals surface area contributed by atoms with Crippen molar-refractivity contribution in [3.63, 3.8) is 0 Å². The van der Waals surface area contributed by atoms with Gasteiger partial charge in [-0.1, -0.05) is 62.9 Å². The molecule has 82 valence electrons. The number of hydrogen-bond donors (Lipinski definition) is 0. The number of aromatic nitrogens is 1. The Labute approximate surface area is 116 Å². The summed E-state index contributed by atoms with van der Waals surface area (Å²) in [6.45, 7) is 0. The van der Waals surface area contributed by atoms with E-state index in [9.17, 15) is 0 Å². The van der Waals surface area contributed by atoms with E-state index in [1.807, 2.05) is 24.3 Å². The molecule has 0 unspecified atom stereocenters. The van der Waals surface area contributed by atoms with Crippen LogP contribution in [0.5, 0.6) is 0 Å². The van der Waals surface area contributed by atoms with Crippen LogP contribution >= 0.6 is 50.7 Å². The quantitative estimate of drug-likeness (QED) is 0.629. The van der Waals surface area contributed by atoms with Crippen molar-refractivity contribution < 1.29 is 0 Å². The Hall–Kier alpha value is -0.280. The fourth-order valence-electron chi connectivity index (χ4n) is 1.25. The van der Waals surface area contributed by atoms with Crippen molar-refractivity contribution >= 4 is 50.7 Å². The maximum absolute atomic E-state index is 6.06. The van der Waals surface area contributed by atoms with E-state index in [0.29, 0.717) is 15.7 Å². The molecule has 1 nitrogen and oxygen atoms in total. The van der Waals surface area contributed by atoms with Crippen LogP contribution in [0.4, 0.5) is 0 Å². The second kappa shape index (κ2) is 4.92. The first-order valence-corrected chi connectivity index (χ1v) is 6.28. The molecule has 1 heterocycles. The third-order valence-electron chi connectivity index (χ3n) is 2.00. The van der Waals surface area contributed by atoms with Gasteiger partial charge in [-0.2, -0.15) is 0 Å². The van der Waals surface area contributed by atoms with Crippen LogP contribution < -0.4 is 0 Å². The molecule has 5 heteroatoms. The number of halogens is 4. The van der Waals surface area contributed by atoms with Crippen LogP contribution in [0.1, 0.15) is 0 Å². The van der Waals surface area contributed by atoms with Gasteiger partial charge in [0.2, 0.25) is 0 Å². The Bertz CT molecular complexity index is 525. The number of nitrogens with zero attached hydrogens (tertiary/aromatic N) is 1. The van der Waals surface area contributed by atoms with Gasteiger partial charge in [-0.05, 0) is 18.2 Å². The van der Waals surface area contributed by atoms with Crippen molar-refractivity contribution in [3.05, 3.63) is 50.0 Å². The Morgan fingerprint density at radius 2 is 1.56 bits per heavy atom. The molecule has 0 fully saturated rings. The Morgan fingerprint density at radius 3 is 2.19 bits per heavy atom. The number of pyridine rings is 1. The molecule has 0 radical (unpaired) electrons. The lowest BCUT2D eigenvalue weighted by Gasteiger charge is -2.05. The summed E-state index contributed by atoms with van der Waals surface area (Å²) in [4.78, 5) is 4.16. The predicted molar refractivity (Wildman–Crippen MR) is 72.4 cm³/mol. The van der Waals surface area contributed by atoms with E-state index >= 15 is 0 Å². The molecule has 2 rings (SSSR count). The highest BCUT2D eigenvalue weighted by Gasteiger charge is 2.09. The molecule has 0 saturated heterocycles. The number of hydrogen-bond acceptors (Lipinski definition) is 1. The monoisotopic (exact) mass is 335 g/mol. The second-order valence-corrected chi connectivity index (χ2v) is 5.19. The average molecular weight is 337 g/mol. The minimum atomic E-state index is 0.254. The standard InChI is InChI=1S/C11H5BrCl3N/c12-7-3-1-6(2-4-7)10-8(13)5-9(14)11(15)16-10/h1-5H. The molecular formula is C11H5BrCl3N. The van der Waals surface area contributed by atoms with E-state index in [1.165, 1.54) is 0 Å². The van der Waals surface area contributed by atoms with Gasteiger partial charge in [0.1, 0.15) is 5.15 Å². The molecule has 0 aliphatic rings. The van der Waals surface area contributed by atoms with Crippen LogP contribution in [0.15, 0.2) is 34.8 Å². The molecule has 0 N–H and O–H groups in total. The second-order valence-electron chi connectivity index (χ2n) is 3.10. The van der Waals surface area contributed by atoms with Crippen LogP contribution in [0.3, 0.4) is 0 Å². The van der Waals surface area contributed by atoms with Crippen molar-refractivity contribution in [2.24, 2.45) is 0 Å². The zero-order chi connectivity index (χ0) is 11.7. The van der Waals surface area contributed by atoms with E-state index in [1.54, 1.807) is 6.07 Å². The Kier molecular flexibility index (Phi) is 3.75. The molecule has 0 aliphatic carbocycles.